The molecule has 0 saturated carbocycles. The molecule has 1 aliphatic heterocycles. The van der Waals surface area contributed by atoms with Crippen molar-refractivity contribution in [2.75, 3.05) is 13.1 Å². The minimum atomic E-state index is 0.127. The molecule has 6 heteroatoms. The number of halogens is 1. The predicted molar refractivity (Wildman–Crippen MR) is 128 cm³/mol. The van der Waals surface area contributed by atoms with E-state index in [1.165, 1.54) is 5.56 Å². The molecule has 1 unspecified atom stereocenters. The lowest BCUT2D eigenvalue weighted by molar-refractivity contribution is 0.288. The van der Waals surface area contributed by atoms with Crippen molar-refractivity contribution in [3.63, 3.8) is 0 Å². The zero-order valence-corrected chi connectivity index (χ0v) is 18.8. The van der Waals surface area contributed by atoms with Crippen molar-refractivity contribution >= 4 is 32.8 Å². The van der Waals surface area contributed by atoms with Crippen LogP contribution in [-0.4, -0.2) is 28.5 Å². The van der Waals surface area contributed by atoms with Crippen LogP contribution in [-0.2, 0) is 6.61 Å². The molecule has 1 aromatic heterocycles. The van der Waals surface area contributed by atoms with Crippen LogP contribution in [0.25, 0.3) is 11.0 Å². The van der Waals surface area contributed by atoms with Crippen LogP contribution in [0.2, 0.25) is 0 Å². The summed E-state index contributed by atoms with van der Waals surface area (Å²) in [7, 11) is 0. The number of fused-ring (bicyclic) bond motifs is 1. The first kappa shape index (κ1) is 19.8. The summed E-state index contributed by atoms with van der Waals surface area (Å²) in [4.78, 5) is 9.40. The summed E-state index contributed by atoms with van der Waals surface area (Å²) in [6.45, 7) is 4.28. The van der Waals surface area contributed by atoms with Crippen LogP contribution in [0.4, 0.5) is 0 Å². The lowest BCUT2D eigenvalue weighted by atomic mass is 10.1. The molecule has 156 valence electrons. The Morgan fingerprint density at radius 3 is 2.74 bits per heavy atom. The van der Waals surface area contributed by atoms with E-state index in [0.29, 0.717) is 6.61 Å². The zero-order valence-electron chi connectivity index (χ0n) is 17.3. The van der Waals surface area contributed by atoms with E-state index in [0.717, 1.165) is 51.6 Å². The van der Waals surface area contributed by atoms with Gasteiger partial charge in [-0.1, -0.05) is 58.4 Å². The Morgan fingerprint density at radius 2 is 1.94 bits per heavy atom. The van der Waals surface area contributed by atoms with E-state index in [2.05, 4.69) is 68.1 Å². The molecule has 31 heavy (non-hydrogen) atoms. The van der Waals surface area contributed by atoms with Gasteiger partial charge in [0, 0.05) is 16.6 Å². The second-order valence-corrected chi connectivity index (χ2v) is 8.51. The molecule has 1 atom stereocenters. The molecule has 0 amide bonds. The third-order valence-corrected chi connectivity index (χ3v) is 6.04. The number of nitrogens with zero attached hydrogens (tertiary/aromatic N) is 3. The average Bonchev–Trinajstić information content (AvgIpc) is 3.46. The molecule has 1 N–H and O–H groups in total. The third kappa shape index (κ3) is 4.08. The second kappa shape index (κ2) is 8.55. The summed E-state index contributed by atoms with van der Waals surface area (Å²) in [5.41, 5.74) is 4.32. The van der Waals surface area contributed by atoms with Crippen LogP contribution in [0.5, 0.6) is 5.75 Å². The molecule has 5 rings (SSSR count). The fraction of sp³-hybridized carbons (Fsp3) is 0.200. The molecular formula is C25H23BrN4O. The van der Waals surface area contributed by atoms with Gasteiger partial charge in [0.25, 0.3) is 0 Å². The SMILES string of the molecule is CC(c1ccccc1)n1c(COc2cccc(C3=NCCN3)c2)nc2ccc(Br)cc21. The fourth-order valence-corrected chi connectivity index (χ4v) is 4.35. The highest BCUT2D eigenvalue weighted by Crippen LogP contribution is 2.29. The average molecular weight is 475 g/mol. The lowest BCUT2D eigenvalue weighted by Crippen LogP contribution is -2.19. The van der Waals surface area contributed by atoms with Crippen molar-refractivity contribution in [1.29, 1.82) is 0 Å². The van der Waals surface area contributed by atoms with E-state index >= 15 is 0 Å². The van der Waals surface area contributed by atoms with Gasteiger partial charge in [-0.3, -0.25) is 4.99 Å². The molecular weight excluding hydrogens is 452 g/mol. The number of rotatable bonds is 6. The normalized spacial score (nSPS) is 14.3. The van der Waals surface area contributed by atoms with E-state index < -0.39 is 0 Å². The minimum Gasteiger partial charge on any atom is -0.486 e. The van der Waals surface area contributed by atoms with E-state index in [1.54, 1.807) is 0 Å². The van der Waals surface area contributed by atoms with Gasteiger partial charge < -0.3 is 14.6 Å². The Morgan fingerprint density at radius 1 is 1.06 bits per heavy atom. The van der Waals surface area contributed by atoms with Crippen LogP contribution in [0.15, 0.2) is 82.3 Å². The van der Waals surface area contributed by atoms with Crippen molar-refractivity contribution in [3.05, 3.63) is 94.2 Å². The van der Waals surface area contributed by atoms with Crippen LogP contribution in [0.3, 0.4) is 0 Å². The number of hydrogen-bond donors (Lipinski definition) is 1. The molecule has 0 bridgehead atoms. The monoisotopic (exact) mass is 474 g/mol. The fourth-order valence-electron chi connectivity index (χ4n) is 4.00. The number of ether oxygens (including phenoxy) is 1. The van der Waals surface area contributed by atoms with Gasteiger partial charge in [-0.25, -0.2) is 4.98 Å². The predicted octanol–water partition coefficient (Wildman–Crippen LogP) is 5.34. The first-order chi connectivity index (χ1) is 15.2. The van der Waals surface area contributed by atoms with Gasteiger partial charge in [0.05, 0.1) is 23.6 Å². The van der Waals surface area contributed by atoms with Gasteiger partial charge in [-0.15, -0.1) is 0 Å². The second-order valence-electron chi connectivity index (χ2n) is 7.59. The van der Waals surface area contributed by atoms with Crippen molar-refractivity contribution in [1.82, 2.24) is 14.9 Å². The Balaban J connectivity index is 1.48. The molecule has 0 aliphatic carbocycles. The smallest absolute Gasteiger partial charge is 0.148 e. The number of benzene rings is 3. The van der Waals surface area contributed by atoms with Gasteiger partial charge in [-0.2, -0.15) is 0 Å². The third-order valence-electron chi connectivity index (χ3n) is 5.54. The van der Waals surface area contributed by atoms with Crippen LogP contribution in [0.1, 0.15) is 29.9 Å². The first-order valence-corrected chi connectivity index (χ1v) is 11.2. The molecule has 2 heterocycles. The Hall–Kier alpha value is -3.12. The maximum atomic E-state index is 6.20. The summed E-state index contributed by atoms with van der Waals surface area (Å²) in [5, 5.41) is 3.31. The summed E-state index contributed by atoms with van der Waals surface area (Å²) in [6, 6.07) is 24.9. The molecule has 4 aromatic rings. The van der Waals surface area contributed by atoms with Crippen LogP contribution < -0.4 is 10.1 Å². The summed E-state index contributed by atoms with van der Waals surface area (Å²) < 4.78 is 9.50. The maximum absolute atomic E-state index is 6.20. The van der Waals surface area contributed by atoms with Crippen molar-refractivity contribution in [2.45, 2.75) is 19.6 Å². The first-order valence-electron chi connectivity index (χ1n) is 10.4. The molecule has 5 nitrogen and oxygen atoms in total. The number of aliphatic imine (C=N–C) groups is 1. The van der Waals surface area contributed by atoms with Crippen molar-refractivity contribution in [3.8, 4) is 5.75 Å². The van der Waals surface area contributed by atoms with Gasteiger partial charge >= 0.3 is 0 Å². The summed E-state index contributed by atoms with van der Waals surface area (Å²) in [5.74, 6) is 2.63. The number of nitrogens with one attached hydrogen (secondary N) is 1. The zero-order chi connectivity index (χ0) is 21.2. The van der Waals surface area contributed by atoms with E-state index in [1.807, 2.05) is 42.5 Å². The maximum Gasteiger partial charge on any atom is 0.148 e. The van der Waals surface area contributed by atoms with Crippen molar-refractivity contribution < 1.29 is 4.74 Å². The Bertz CT molecular complexity index is 1250. The number of imidazole rings is 1. The number of aromatic nitrogens is 2. The highest BCUT2D eigenvalue weighted by atomic mass is 79.9. The molecule has 0 saturated heterocycles. The van der Waals surface area contributed by atoms with Crippen LogP contribution in [0, 0.1) is 0 Å². The van der Waals surface area contributed by atoms with Crippen LogP contribution >= 0.6 is 15.9 Å². The van der Waals surface area contributed by atoms with Crippen molar-refractivity contribution in [2.24, 2.45) is 4.99 Å². The van der Waals surface area contributed by atoms with E-state index in [9.17, 15) is 0 Å². The summed E-state index contributed by atoms with van der Waals surface area (Å²) >= 11 is 3.61. The lowest BCUT2D eigenvalue weighted by Gasteiger charge is -2.19. The number of amidine groups is 1. The largest absolute Gasteiger partial charge is 0.486 e. The summed E-state index contributed by atoms with van der Waals surface area (Å²) in [6.07, 6.45) is 0. The van der Waals surface area contributed by atoms with Gasteiger partial charge in [0.1, 0.15) is 24.0 Å². The molecule has 0 fully saturated rings. The highest BCUT2D eigenvalue weighted by molar-refractivity contribution is 9.10. The topological polar surface area (TPSA) is 51.4 Å². The molecule has 3 aromatic carbocycles. The number of hydrogen-bond acceptors (Lipinski definition) is 4. The van der Waals surface area contributed by atoms with E-state index in [4.69, 9.17) is 9.72 Å². The highest BCUT2D eigenvalue weighted by Gasteiger charge is 2.18. The molecule has 0 spiro atoms. The van der Waals surface area contributed by atoms with Gasteiger partial charge in [-0.05, 0) is 42.8 Å². The minimum absolute atomic E-state index is 0.127. The Kier molecular flexibility index (Phi) is 5.47. The van der Waals surface area contributed by atoms with E-state index in [-0.39, 0.29) is 6.04 Å². The molecule has 1 aliphatic rings. The molecule has 0 radical (unpaired) electrons. The standard InChI is InChI=1S/C25H23BrN4O/c1-17(18-6-3-2-4-7-18)30-23-15-20(26)10-11-22(23)29-24(30)16-31-21-9-5-8-19(14-21)25-27-12-13-28-25/h2-11,14-15,17H,12-13,16H2,1H3,(H,27,28). The van der Waals surface area contributed by atoms with Gasteiger partial charge in [0.2, 0.25) is 0 Å². The Labute approximate surface area is 189 Å². The quantitative estimate of drug-likeness (QED) is 0.410. The van der Waals surface area contributed by atoms with Gasteiger partial charge in [0.15, 0.2) is 0 Å².